The molecule has 0 aliphatic heterocycles. The molecule has 4 aromatic rings. The van der Waals surface area contributed by atoms with Gasteiger partial charge in [0, 0.05) is 17.0 Å². The number of amides is 1. The first-order valence-corrected chi connectivity index (χ1v) is 13.2. The molecule has 2 aromatic heterocycles. The Labute approximate surface area is 211 Å². The van der Waals surface area contributed by atoms with Crippen LogP contribution in [0.4, 0.5) is 18.9 Å². The lowest BCUT2D eigenvalue weighted by atomic mass is 10.0. The molecule has 0 atom stereocenters. The number of aromatic amines is 1. The van der Waals surface area contributed by atoms with Crippen LogP contribution in [0.1, 0.15) is 41.7 Å². The number of benzene rings is 2. The van der Waals surface area contributed by atoms with Crippen molar-refractivity contribution in [2.75, 3.05) is 4.72 Å². The van der Waals surface area contributed by atoms with Gasteiger partial charge in [0.2, 0.25) is 0 Å². The molecule has 1 aliphatic rings. The zero-order chi connectivity index (χ0) is 26.2. The summed E-state index contributed by atoms with van der Waals surface area (Å²) < 4.78 is 66.7. The molecule has 0 bridgehead atoms. The summed E-state index contributed by atoms with van der Waals surface area (Å²) in [5.74, 6) is -0.268. The van der Waals surface area contributed by atoms with Crippen LogP contribution in [0.15, 0.2) is 71.8 Å². The highest BCUT2D eigenvalue weighted by atomic mass is 32.2. The molecule has 7 nitrogen and oxygen atoms in total. The lowest BCUT2D eigenvalue weighted by molar-refractivity contribution is -0.137. The fraction of sp³-hybridized carbons (Fsp3) is 0.231. The maximum absolute atomic E-state index is 13.2. The van der Waals surface area contributed by atoms with Crippen molar-refractivity contribution in [3.63, 3.8) is 0 Å². The number of sulfonamides is 1. The molecule has 0 unspecified atom stereocenters. The van der Waals surface area contributed by atoms with Crippen LogP contribution in [0.5, 0.6) is 0 Å². The minimum absolute atomic E-state index is 0.0987. The second-order valence-electron chi connectivity index (χ2n) is 8.94. The molecule has 0 spiro atoms. The normalized spacial score (nSPS) is 14.7. The third-order valence-electron chi connectivity index (χ3n) is 6.37. The molecule has 11 heteroatoms. The number of nitrogens with one attached hydrogen (secondary N) is 3. The quantitative estimate of drug-likeness (QED) is 0.298. The first-order valence-electron chi connectivity index (χ1n) is 11.7. The molecule has 3 N–H and O–H groups in total. The van der Waals surface area contributed by atoms with Crippen molar-refractivity contribution in [3.8, 4) is 11.1 Å². The molecule has 0 radical (unpaired) electrons. The highest BCUT2D eigenvalue weighted by Gasteiger charge is 2.31. The summed E-state index contributed by atoms with van der Waals surface area (Å²) in [4.78, 5) is 20.3. The minimum Gasteiger partial charge on any atom is -0.348 e. The monoisotopic (exact) mass is 528 g/mol. The van der Waals surface area contributed by atoms with Gasteiger partial charge < -0.3 is 10.3 Å². The van der Waals surface area contributed by atoms with E-state index in [1.165, 1.54) is 6.20 Å². The number of halogens is 3. The van der Waals surface area contributed by atoms with Crippen LogP contribution in [-0.2, 0) is 16.2 Å². The maximum atomic E-state index is 13.2. The van der Waals surface area contributed by atoms with Crippen molar-refractivity contribution >= 4 is 32.7 Å². The second kappa shape index (κ2) is 9.55. The van der Waals surface area contributed by atoms with Gasteiger partial charge in [0.05, 0.1) is 22.3 Å². The Balaban J connectivity index is 1.51. The molecule has 1 aliphatic carbocycles. The van der Waals surface area contributed by atoms with Crippen LogP contribution in [0.2, 0.25) is 0 Å². The average Bonchev–Trinajstić information content (AvgIpc) is 3.51. The van der Waals surface area contributed by atoms with Gasteiger partial charge in [-0.2, -0.15) is 13.2 Å². The predicted molar refractivity (Wildman–Crippen MR) is 134 cm³/mol. The van der Waals surface area contributed by atoms with E-state index >= 15 is 0 Å². The molecule has 1 amide bonds. The van der Waals surface area contributed by atoms with Crippen molar-refractivity contribution in [1.29, 1.82) is 0 Å². The van der Waals surface area contributed by atoms with Crippen LogP contribution in [0.25, 0.3) is 22.2 Å². The topological polar surface area (TPSA) is 104 Å². The Bertz CT molecular complexity index is 1540. The van der Waals surface area contributed by atoms with E-state index in [9.17, 15) is 26.4 Å². The van der Waals surface area contributed by atoms with E-state index in [2.05, 4.69) is 20.0 Å². The predicted octanol–water partition coefficient (Wildman–Crippen LogP) is 5.72. The molecule has 2 heterocycles. The van der Waals surface area contributed by atoms with E-state index in [1.54, 1.807) is 6.07 Å². The Morgan fingerprint density at radius 1 is 1.00 bits per heavy atom. The Morgan fingerprint density at radius 3 is 2.32 bits per heavy atom. The lowest BCUT2D eigenvalue weighted by Gasteiger charge is -2.12. The van der Waals surface area contributed by atoms with Gasteiger partial charge in [-0.3, -0.25) is 9.52 Å². The van der Waals surface area contributed by atoms with Gasteiger partial charge in [0.1, 0.15) is 11.3 Å². The van der Waals surface area contributed by atoms with Crippen molar-refractivity contribution in [3.05, 3.63) is 78.1 Å². The van der Waals surface area contributed by atoms with Crippen molar-refractivity contribution < 1.29 is 26.4 Å². The summed E-state index contributed by atoms with van der Waals surface area (Å²) in [7, 11) is -4.19. The summed E-state index contributed by atoms with van der Waals surface area (Å²) in [6.45, 7) is 0. The highest BCUT2D eigenvalue weighted by molar-refractivity contribution is 7.92. The minimum atomic E-state index is -4.57. The van der Waals surface area contributed by atoms with Gasteiger partial charge in [-0.15, -0.1) is 0 Å². The third kappa shape index (κ3) is 5.17. The number of nitrogens with zero attached hydrogens (tertiary/aromatic N) is 1. The first-order chi connectivity index (χ1) is 17.6. The van der Waals surface area contributed by atoms with E-state index in [0.717, 1.165) is 43.4 Å². The number of hydrogen-bond donors (Lipinski definition) is 3. The van der Waals surface area contributed by atoms with Gasteiger partial charge in [0.25, 0.3) is 15.9 Å². The van der Waals surface area contributed by atoms with Crippen molar-refractivity contribution in [2.45, 2.75) is 42.8 Å². The van der Waals surface area contributed by atoms with Gasteiger partial charge in [0.15, 0.2) is 0 Å². The Kier molecular flexibility index (Phi) is 6.40. The number of carbonyl (C=O) groups excluding carboxylic acids is 1. The Morgan fingerprint density at radius 2 is 1.68 bits per heavy atom. The number of aromatic nitrogens is 2. The van der Waals surface area contributed by atoms with Crippen LogP contribution >= 0.6 is 0 Å². The molecule has 0 saturated heterocycles. The number of pyridine rings is 1. The summed E-state index contributed by atoms with van der Waals surface area (Å²) in [5.41, 5.74) is 1.20. The smallest absolute Gasteiger partial charge is 0.348 e. The van der Waals surface area contributed by atoms with E-state index in [-0.39, 0.29) is 22.5 Å². The van der Waals surface area contributed by atoms with E-state index in [1.807, 2.05) is 30.3 Å². The Hall–Kier alpha value is -3.86. The van der Waals surface area contributed by atoms with Crippen molar-refractivity contribution in [2.24, 2.45) is 0 Å². The van der Waals surface area contributed by atoms with Crippen LogP contribution in [-0.4, -0.2) is 30.3 Å². The number of rotatable bonds is 6. The van der Waals surface area contributed by atoms with Gasteiger partial charge >= 0.3 is 6.18 Å². The van der Waals surface area contributed by atoms with E-state index < -0.39 is 21.8 Å². The van der Waals surface area contributed by atoms with Crippen LogP contribution in [0, 0.1) is 0 Å². The van der Waals surface area contributed by atoms with Crippen molar-refractivity contribution in [1.82, 2.24) is 15.3 Å². The largest absolute Gasteiger partial charge is 0.416 e. The number of anilines is 1. The number of hydrogen-bond acceptors (Lipinski definition) is 4. The fourth-order valence-corrected chi connectivity index (χ4v) is 5.60. The lowest BCUT2D eigenvalue weighted by Crippen LogP contribution is -2.33. The first kappa shape index (κ1) is 24.8. The molecule has 1 saturated carbocycles. The van der Waals surface area contributed by atoms with Crippen LogP contribution < -0.4 is 10.0 Å². The third-order valence-corrected chi connectivity index (χ3v) is 7.77. The van der Waals surface area contributed by atoms with Gasteiger partial charge in [-0.25, -0.2) is 13.4 Å². The van der Waals surface area contributed by atoms with Gasteiger partial charge in [-0.05, 0) is 48.7 Å². The summed E-state index contributed by atoms with van der Waals surface area (Å²) in [5, 5.41) is 3.59. The molecule has 192 valence electrons. The number of alkyl halides is 3. The SMILES string of the molecule is O=C(NC1CCCC1)c1[nH]c2ncc(NS(=O)(=O)c3ccc(C(F)(F)F)cc3)cc2c1-c1ccccc1. The summed E-state index contributed by atoms with van der Waals surface area (Å²) in [6, 6.07) is 14.1. The standard InChI is InChI=1S/C26H23F3N4O3S/c27-26(28,29)17-10-12-20(13-11-17)37(35,36)33-19-14-21-22(16-6-2-1-3-7-16)23(32-24(21)30-15-19)25(34)31-18-8-4-5-9-18/h1-3,6-7,10-15,18,33H,4-5,8-9H2,(H,30,32)(H,31,34). The zero-order valence-electron chi connectivity index (χ0n) is 19.5. The van der Waals surface area contributed by atoms with Gasteiger partial charge in [-0.1, -0.05) is 43.2 Å². The highest BCUT2D eigenvalue weighted by Crippen LogP contribution is 2.34. The zero-order valence-corrected chi connectivity index (χ0v) is 20.3. The second-order valence-corrected chi connectivity index (χ2v) is 10.6. The van der Waals surface area contributed by atoms with Crippen LogP contribution in [0.3, 0.4) is 0 Å². The average molecular weight is 529 g/mol. The van der Waals surface area contributed by atoms with E-state index in [0.29, 0.717) is 34.4 Å². The molecular formula is C26H23F3N4O3S. The molecule has 37 heavy (non-hydrogen) atoms. The summed E-state index contributed by atoms with van der Waals surface area (Å²) in [6.07, 6.45) is 0.671. The molecule has 5 rings (SSSR count). The molecular weight excluding hydrogens is 505 g/mol. The maximum Gasteiger partial charge on any atom is 0.416 e. The number of H-pyrrole nitrogens is 1. The number of fused-ring (bicyclic) bond motifs is 1. The molecule has 1 fully saturated rings. The number of carbonyl (C=O) groups is 1. The van der Waals surface area contributed by atoms with E-state index in [4.69, 9.17) is 0 Å². The summed E-state index contributed by atoms with van der Waals surface area (Å²) >= 11 is 0. The fourth-order valence-electron chi connectivity index (χ4n) is 4.57. The molecule has 2 aromatic carbocycles.